The molecule has 7 heteroatoms. The molecule has 0 spiro atoms. The van der Waals surface area contributed by atoms with Crippen LogP contribution in [0.5, 0.6) is 11.5 Å². The van der Waals surface area contributed by atoms with Gasteiger partial charge in [0.25, 0.3) is 5.91 Å². The molecule has 3 aromatic carbocycles. The zero-order chi connectivity index (χ0) is 28.2. The number of allylic oxidation sites excluding steroid dienone is 1. The summed E-state index contributed by atoms with van der Waals surface area (Å²) in [7, 11) is 1.61. The van der Waals surface area contributed by atoms with Crippen molar-refractivity contribution in [1.82, 2.24) is 10.2 Å². The molecule has 0 aromatic heterocycles. The predicted molar refractivity (Wildman–Crippen MR) is 159 cm³/mol. The van der Waals surface area contributed by atoms with Crippen LogP contribution in [-0.4, -0.2) is 43.0 Å². The molecule has 0 heterocycles. The third-order valence-corrected chi connectivity index (χ3v) is 7.41. The topological polar surface area (TPSA) is 67.9 Å². The number of methoxy groups -OCH3 is 1. The number of hydrogen-bond acceptors (Lipinski definition) is 4. The number of halogens is 1. The van der Waals surface area contributed by atoms with E-state index in [4.69, 9.17) is 21.1 Å². The molecule has 0 unspecified atom stereocenters. The minimum absolute atomic E-state index is 0.181. The molecule has 6 nitrogen and oxygen atoms in total. The van der Waals surface area contributed by atoms with Crippen LogP contribution >= 0.6 is 11.6 Å². The molecule has 210 valence electrons. The Morgan fingerprint density at radius 1 is 0.950 bits per heavy atom. The van der Waals surface area contributed by atoms with Gasteiger partial charge in [-0.05, 0) is 67.5 Å². The first-order valence-corrected chi connectivity index (χ1v) is 14.2. The maximum Gasteiger partial charge on any atom is 0.261 e. The fraction of sp³-hybridized carbons (Fsp3) is 0.333. The SMILES string of the molecule is COc1ccc(CN(C(=O)COc2ccccc2Cl)[C@@H](Cc2ccccc2)C(=O)NCCC2=CCCCC2)cc1. The summed E-state index contributed by atoms with van der Waals surface area (Å²) in [5.41, 5.74) is 3.24. The number of benzene rings is 3. The second kappa shape index (κ2) is 15.1. The molecule has 1 aliphatic carbocycles. The summed E-state index contributed by atoms with van der Waals surface area (Å²) >= 11 is 6.26. The first-order valence-electron chi connectivity index (χ1n) is 13.8. The molecule has 0 aliphatic heterocycles. The number of rotatable bonds is 13. The number of nitrogens with one attached hydrogen (secondary N) is 1. The number of carbonyl (C=O) groups excluding carboxylic acids is 2. The van der Waals surface area contributed by atoms with Crippen molar-refractivity contribution >= 4 is 23.4 Å². The van der Waals surface area contributed by atoms with E-state index in [0.29, 0.717) is 23.7 Å². The molecule has 0 bridgehead atoms. The number of hydrogen-bond donors (Lipinski definition) is 1. The quantitative estimate of drug-likeness (QED) is 0.246. The second-order valence-corrected chi connectivity index (χ2v) is 10.4. The minimum Gasteiger partial charge on any atom is -0.497 e. The van der Waals surface area contributed by atoms with E-state index in [9.17, 15) is 9.59 Å². The summed E-state index contributed by atoms with van der Waals surface area (Å²) in [5, 5.41) is 3.54. The van der Waals surface area contributed by atoms with Crippen molar-refractivity contribution in [3.05, 3.63) is 107 Å². The van der Waals surface area contributed by atoms with Crippen LogP contribution in [0, 0.1) is 0 Å². The molecule has 1 N–H and O–H groups in total. The Bertz CT molecular complexity index is 1280. The highest BCUT2D eigenvalue weighted by atomic mass is 35.5. The highest BCUT2D eigenvalue weighted by Crippen LogP contribution is 2.24. The average Bonchev–Trinajstić information content (AvgIpc) is 2.99. The van der Waals surface area contributed by atoms with Crippen LogP contribution in [-0.2, 0) is 22.6 Å². The van der Waals surface area contributed by atoms with Gasteiger partial charge in [-0.2, -0.15) is 0 Å². The number of amides is 2. The van der Waals surface area contributed by atoms with Crippen molar-refractivity contribution in [2.75, 3.05) is 20.3 Å². The van der Waals surface area contributed by atoms with Crippen LogP contribution in [0.4, 0.5) is 0 Å². The monoisotopic (exact) mass is 560 g/mol. The lowest BCUT2D eigenvalue weighted by molar-refractivity contribution is -0.142. The normalized spacial score (nSPS) is 13.6. The van der Waals surface area contributed by atoms with E-state index < -0.39 is 6.04 Å². The Kier molecular flexibility index (Phi) is 11.1. The van der Waals surface area contributed by atoms with Crippen LogP contribution in [0.25, 0.3) is 0 Å². The van der Waals surface area contributed by atoms with E-state index in [2.05, 4.69) is 11.4 Å². The van der Waals surface area contributed by atoms with Gasteiger partial charge in [0.2, 0.25) is 5.91 Å². The van der Waals surface area contributed by atoms with Crippen LogP contribution in [0.1, 0.15) is 43.2 Å². The molecule has 1 atom stereocenters. The Hall–Kier alpha value is -3.77. The van der Waals surface area contributed by atoms with Crippen molar-refractivity contribution < 1.29 is 19.1 Å². The average molecular weight is 561 g/mol. The van der Waals surface area contributed by atoms with Crippen molar-refractivity contribution in [3.8, 4) is 11.5 Å². The van der Waals surface area contributed by atoms with Gasteiger partial charge < -0.3 is 19.7 Å². The zero-order valence-corrected chi connectivity index (χ0v) is 23.7. The van der Waals surface area contributed by atoms with E-state index >= 15 is 0 Å². The minimum atomic E-state index is -0.729. The Labute approximate surface area is 241 Å². The van der Waals surface area contributed by atoms with Crippen molar-refractivity contribution in [1.29, 1.82) is 0 Å². The molecule has 0 saturated carbocycles. The Morgan fingerprint density at radius 3 is 2.40 bits per heavy atom. The summed E-state index contributed by atoms with van der Waals surface area (Å²) < 4.78 is 11.1. The van der Waals surface area contributed by atoms with Gasteiger partial charge in [-0.1, -0.05) is 77.8 Å². The first kappa shape index (κ1) is 29.2. The summed E-state index contributed by atoms with van der Waals surface area (Å²) in [4.78, 5) is 29.1. The van der Waals surface area contributed by atoms with Gasteiger partial charge in [-0.25, -0.2) is 0 Å². The van der Waals surface area contributed by atoms with Crippen LogP contribution in [0.2, 0.25) is 5.02 Å². The van der Waals surface area contributed by atoms with Gasteiger partial charge >= 0.3 is 0 Å². The largest absolute Gasteiger partial charge is 0.497 e. The molecule has 0 fully saturated rings. The van der Waals surface area contributed by atoms with E-state index in [1.807, 2.05) is 54.6 Å². The number of ether oxygens (including phenoxy) is 2. The van der Waals surface area contributed by atoms with Gasteiger partial charge in [0.05, 0.1) is 12.1 Å². The van der Waals surface area contributed by atoms with Crippen molar-refractivity contribution in [2.24, 2.45) is 0 Å². The number of carbonyl (C=O) groups is 2. The van der Waals surface area contributed by atoms with E-state index in [1.54, 1.807) is 36.3 Å². The van der Waals surface area contributed by atoms with Crippen LogP contribution < -0.4 is 14.8 Å². The highest BCUT2D eigenvalue weighted by Gasteiger charge is 2.30. The Balaban J connectivity index is 1.57. The fourth-order valence-electron chi connectivity index (χ4n) is 4.86. The molecule has 0 radical (unpaired) electrons. The summed E-state index contributed by atoms with van der Waals surface area (Å²) in [5.74, 6) is 0.660. The number of para-hydroxylation sites is 1. The van der Waals surface area contributed by atoms with E-state index in [-0.39, 0.29) is 25.0 Å². The molecule has 3 aromatic rings. The molecule has 4 rings (SSSR count). The first-order chi connectivity index (χ1) is 19.5. The fourth-order valence-corrected chi connectivity index (χ4v) is 5.05. The Morgan fingerprint density at radius 2 is 1.70 bits per heavy atom. The zero-order valence-electron chi connectivity index (χ0n) is 23.0. The molecular formula is C33H37ClN2O4. The lowest BCUT2D eigenvalue weighted by atomic mass is 9.97. The van der Waals surface area contributed by atoms with Crippen molar-refractivity contribution in [2.45, 2.75) is 51.1 Å². The molecule has 40 heavy (non-hydrogen) atoms. The number of nitrogens with zero attached hydrogens (tertiary/aromatic N) is 1. The summed E-state index contributed by atoms with van der Waals surface area (Å²) in [6, 6.07) is 23.6. The van der Waals surface area contributed by atoms with Crippen LogP contribution in [0.3, 0.4) is 0 Å². The van der Waals surface area contributed by atoms with Crippen molar-refractivity contribution in [3.63, 3.8) is 0 Å². The summed E-state index contributed by atoms with van der Waals surface area (Å²) in [6.07, 6.45) is 8.12. The molecular weight excluding hydrogens is 524 g/mol. The molecule has 0 saturated heterocycles. The summed E-state index contributed by atoms with van der Waals surface area (Å²) in [6.45, 7) is 0.534. The van der Waals surface area contributed by atoms with Gasteiger partial charge in [0, 0.05) is 19.5 Å². The van der Waals surface area contributed by atoms with Gasteiger partial charge in [0.15, 0.2) is 6.61 Å². The smallest absolute Gasteiger partial charge is 0.261 e. The lowest BCUT2D eigenvalue weighted by Crippen LogP contribution is -2.51. The van der Waals surface area contributed by atoms with Gasteiger partial charge in [-0.3, -0.25) is 9.59 Å². The lowest BCUT2D eigenvalue weighted by Gasteiger charge is -2.31. The standard InChI is InChI=1S/C33H37ClN2O4/c1-39-28-18-16-27(17-19-28)23-36(32(37)24-40-31-15-9-8-14-29(31)34)30(22-26-12-6-3-7-13-26)33(38)35-21-20-25-10-4-2-5-11-25/h3,6-10,12-19,30H,2,4-5,11,20-24H2,1H3,(H,35,38)/t30-/m0/s1. The maximum atomic E-state index is 13.8. The molecule has 1 aliphatic rings. The predicted octanol–water partition coefficient (Wildman–Crippen LogP) is 6.37. The highest BCUT2D eigenvalue weighted by molar-refractivity contribution is 6.32. The van der Waals surface area contributed by atoms with E-state index in [0.717, 1.165) is 36.1 Å². The second-order valence-electron chi connectivity index (χ2n) is 9.94. The maximum absolute atomic E-state index is 13.8. The van der Waals surface area contributed by atoms with E-state index in [1.165, 1.54) is 18.4 Å². The molecule has 2 amide bonds. The van der Waals surface area contributed by atoms with Gasteiger partial charge in [0.1, 0.15) is 17.5 Å². The van der Waals surface area contributed by atoms with Crippen LogP contribution in [0.15, 0.2) is 90.5 Å². The third kappa shape index (κ3) is 8.62. The third-order valence-electron chi connectivity index (χ3n) is 7.10. The van der Waals surface area contributed by atoms with Gasteiger partial charge in [-0.15, -0.1) is 0 Å².